The van der Waals surface area contributed by atoms with Crippen LogP contribution < -0.4 is 10.1 Å². The summed E-state index contributed by atoms with van der Waals surface area (Å²) in [5.74, 6) is 1.25. The van der Waals surface area contributed by atoms with E-state index in [0.29, 0.717) is 18.4 Å². The van der Waals surface area contributed by atoms with Gasteiger partial charge in [-0.3, -0.25) is 0 Å². The van der Waals surface area contributed by atoms with Crippen LogP contribution in [0.4, 0.5) is 0 Å². The Bertz CT molecular complexity index is 349. The number of ether oxygens (including phenoxy) is 1. The third-order valence-electron chi connectivity index (χ3n) is 3.11. The van der Waals surface area contributed by atoms with E-state index in [0.717, 1.165) is 38.4 Å². The van der Waals surface area contributed by atoms with Crippen molar-refractivity contribution in [1.29, 1.82) is 0 Å². The molecule has 1 N–H and O–H groups in total. The molecule has 1 aromatic heterocycles. The number of hydrogen-bond donors (Lipinski definition) is 1. The van der Waals surface area contributed by atoms with Gasteiger partial charge in [0.15, 0.2) is 0 Å². The van der Waals surface area contributed by atoms with Gasteiger partial charge in [-0.1, -0.05) is 27.7 Å². The lowest BCUT2D eigenvalue weighted by Gasteiger charge is -2.17. The first-order valence-electron chi connectivity index (χ1n) is 7.54. The molecule has 0 saturated heterocycles. The first-order chi connectivity index (χ1) is 9.65. The zero-order valence-electron chi connectivity index (χ0n) is 13.2. The second kappa shape index (κ2) is 9.66. The average molecular weight is 280 g/mol. The molecule has 114 valence electrons. The molecule has 0 radical (unpaired) electrons. The number of aromatic nitrogens is 2. The van der Waals surface area contributed by atoms with Crippen LogP contribution in [0.2, 0.25) is 0 Å². The van der Waals surface area contributed by atoms with Crippen molar-refractivity contribution in [3.63, 3.8) is 0 Å². The van der Waals surface area contributed by atoms with E-state index in [2.05, 4.69) is 48.1 Å². The van der Waals surface area contributed by atoms with E-state index in [-0.39, 0.29) is 0 Å². The van der Waals surface area contributed by atoms with Crippen molar-refractivity contribution in [2.75, 3.05) is 32.8 Å². The molecular formula is C15H28N4O. The van der Waals surface area contributed by atoms with E-state index in [9.17, 15) is 0 Å². The third-order valence-corrected chi connectivity index (χ3v) is 3.11. The Balaban J connectivity index is 2.28. The normalized spacial score (nSPS) is 11.3. The van der Waals surface area contributed by atoms with E-state index in [1.54, 1.807) is 0 Å². The van der Waals surface area contributed by atoms with Crippen molar-refractivity contribution in [1.82, 2.24) is 20.4 Å². The SMILES string of the molecule is CCN(CC)CCOc1ccc(CNCC(C)C)nn1. The van der Waals surface area contributed by atoms with Gasteiger partial charge in [-0.05, 0) is 31.6 Å². The van der Waals surface area contributed by atoms with E-state index in [1.165, 1.54) is 0 Å². The summed E-state index contributed by atoms with van der Waals surface area (Å²) in [5, 5.41) is 11.6. The molecule has 0 atom stereocenters. The Kier molecular flexibility index (Phi) is 8.14. The highest BCUT2D eigenvalue weighted by Crippen LogP contribution is 2.05. The Labute approximate surface area is 122 Å². The fourth-order valence-corrected chi connectivity index (χ4v) is 1.83. The molecule has 1 heterocycles. The molecule has 0 bridgehead atoms. The molecule has 1 rings (SSSR count). The maximum Gasteiger partial charge on any atom is 0.233 e. The van der Waals surface area contributed by atoms with Gasteiger partial charge in [0, 0.05) is 19.2 Å². The van der Waals surface area contributed by atoms with Crippen molar-refractivity contribution >= 4 is 0 Å². The lowest BCUT2D eigenvalue weighted by molar-refractivity contribution is 0.216. The summed E-state index contributed by atoms with van der Waals surface area (Å²) in [4.78, 5) is 2.32. The van der Waals surface area contributed by atoms with Gasteiger partial charge < -0.3 is 15.0 Å². The maximum atomic E-state index is 5.60. The molecule has 0 aliphatic rings. The predicted octanol–water partition coefficient (Wildman–Crippen LogP) is 1.94. The van der Waals surface area contributed by atoms with E-state index < -0.39 is 0 Å². The Morgan fingerprint density at radius 2 is 1.95 bits per heavy atom. The van der Waals surface area contributed by atoms with Crippen LogP contribution in [0, 0.1) is 5.92 Å². The van der Waals surface area contributed by atoms with Crippen LogP contribution in [0.5, 0.6) is 5.88 Å². The summed E-state index contributed by atoms with van der Waals surface area (Å²) < 4.78 is 5.60. The van der Waals surface area contributed by atoms with Crippen molar-refractivity contribution in [2.24, 2.45) is 5.92 Å². The van der Waals surface area contributed by atoms with E-state index in [4.69, 9.17) is 4.74 Å². The molecule has 0 aromatic carbocycles. The van der Waals surface area contributed by atoms with Crippen LogP contribution >= 0.6 is 0 Å². The molecule has 0 spiro atoms. The summed E-state index contributed by atoms with van der Waals surface area (Å²) >= 11 is 0. The standard InChI is InChI=1S/C15H28N4O/c1-5-19(6-2)9-10-20-15-8-7-14(17-18-15)12-16-11-13(3)4/h7-8,13,16H,5-6,9-12H2,1-4H3. The van der Waals surface area contributed by atoms with Crippen LogP contribution in [-0.2, 0) is 6.54 Å². The van der Waals surface area contributed by atoms with Gasteiger partial charge in [-0.15, -0.1) is 5.10 Å². The van der Waals surface area contributed by atoms with Crippen molar-refractivity contribution in [3.8, 4) is 5.88 Å². The van der Waals surface area contributed by atoms with E-state index in [1.807, 2.05) is 12.1 Å². The number of nitrogens with zero attached hydrogens (tertiary/aromatic N) is 3. The Morgan fingerprint density at radius 1 is 1.20 bits per heavy atom. The van der Waals surface area contributed by atoms with Crippen molar-refractivity contribution in [2.45, 2.75) is 34.2 Å². The number of nitrogens with one attached hydrogen (secondary N) is 1. The summed E-state index contributed by atoms with van der Waals surface area (Å²) in [6.07, 6.45) is 0. The highest BCUT2D eigenvalue weighted by atomic mass is 16.5. The average Bonchev–Trinajstić information content (AvgIpc) is 2.45. The second-order valence-corrected chi connectivity index (χ2v) is 5.26. The first kappa shape index (κ1) is 16.9. The minimum absolute atomic E-state index is 0.602. The summed E-state index contributed by atoms with van der Waals surface area (Å²) in [6, 6.07) is 3.86. The minimum atomic E-state index is 0.602. The molecule has 5 nitrogen and oxygen atoms in total. The fourth-order valence-electron chi connectivity index (χ4n) is 1.83. The highest BCUT2D eigenvalue weighted by Gasteiger charge is 2.02. The second-order valence-electron chi connectivity index (χ2n) is 5.26. The minimum Gasteiger partial charge on any atom is -0.475 e. The summed E-state index contributed by atoms with van der Waals surface area (Å²) in [5.41, 5.74) is 0.946. The molecule has 0 unspecified atom stereocenters. The molecule has 0 fully saturated rings. The van der Waals surface area contributed by atoms with Gasteiger partial charge in [0.05, 0.1) is 5.69 Å². The largest absolute Gasteiger partial charge is 0.475 e. The van der Waals surface area contributed by atoms with Gasteiger partial charge >= 0.3 is 0 Å². The monoisotopic (exact) mass is 280 g/mol. The van der Waals surface area contributed by atoms with Crippen LogP contribution in [0.25, 0.3) is 0 Å². The van der Waals surface area contributed by atoms with Gasteiger partial charge in [-0.2, -0.15) is 5.10 Å². The molecular weight excluding hydrogens is 252 g/mol. The molecule has 5 heteroatoms. The van der Waals surface area contributed by atoms with Gasteiger partial charge in [0.2, 0.25) is 5.88 Å². The number of hydrogen-bond acceptors (Lipinski definition) is 5. The number of rotatable bonds is 10. The van der Waals surface area contributed by atoms with Crippen molar-refractivity contribution in [3.05, 3.63) is 17.8 Å². The van der Waals surface area contributed by atoms with E-state index >= 15 is 0 Å². The lowest BCUT2D eigenvalue weighted by Crippen LogP contribution is -2.28. The van der Waals surface area contributed by atoms with Crippen LogP contribution in [0.1, 0.15) is 33.4 Å². The number of likely N-dealkylation sites (N-methyl/N-ethyl adjacent to an activating group) is 1. The molecule has 0 saturated carbocycles. The highest BCUT2D eigenvalue weighted by molar-refractivity contribution is 5.11. The quantitative estimate of drug-likeness (QED) is 0.710. The first-order valence-corrected chi connectivity index (χ1v) is 7.54. The molecule has 0 aliphatic carbocycles. The van der Waals surface area contributed by atoms with Gasteiger partial charge in [-0.25, -0.2) is 0 Å². The summed E-state index contributed by atoms with van der Waals surface area (Å²) in [7, 11) is 0. The fraction of sp³-hybridized carbons (Fsp3) is 0.733. The third kappa shape index (κ3) is 6.82. The molecule has 0 amide bonds. The smallest absolute Gasteiger partial charge is 0.233 e. The molecule has 1 aromatic rings. The molecule has 20 heavy (non-hydrogen) atoms. The zero-order valence-corrected chi connectivity index (χ0v) is 13.2. The Hall–Kier alpha value is -1.20. The Morgan fingerprint density at radius 3 is 2.50 bits per heavy atom. The van der Waals surface area contributed by atoms with Crippen LogP contribution in [0.3, 0.4) is 0 Å². The topological polar surface area (TPSA) is 50.3 Å². The lowest BCUT2D eigenvalue weighted by atomic mass is 10.2. The van der Waals surface area contributed by atoms with Gasteiger partial charge in [0.1, 0.15) is 6.61 Å². The summed E-state index contributed by atoms with van der Waals surface area (Å²) in [6.45, 7) is 14.1. The van der Waals surface area contributed by atoms with Crippen molar-refractivity contribution < 1.29 is 4.74 Å². The predicted molar refractivity (Wildman–Crippen MR) is 81.9 cm³/mol. The molecule has 0 aliphatic heterocycles. The van der Waals surface area contributed by atoms with Crippen LogP contribution in [0.15, 0.2) is 12.1 Å². The maximum absolute atomic E-state index is 5.60. The van der Waals surface area contributed by atoms with Gasteiger partial charge in [0.25, 0.3) is 0 Å². The van der Waals surface area contributed by atoms with Crippen LogP contribution in [-0.4, -0.2) is 47.9 Å². The zero-order chi connectivity index (χ0) is 14.8.